The number of aliphatic hydroxyl groups excluding tert-OH is 1. The maximum Gasteiger partial charge on any atom is 0.0447 e. The highest BCUT2D eigenvalue weighted by Crippen LogP contribution is 2.24. The van der Waals surface area contributed by atoms with E-state index in [-0.39, 0.29) is 6.61 Å². The van der Waals surface area contributed by atoms with Crippen LogP contribution in [0.15, 0.2) is 18.2 Å². The highest BCUT2D eigenvalue weighted by Gasteiger charge is 2.08. The summed E-state index contributed by atoms with van der Waals surface area (Å²) < 4.78 is 0. The Balaban J connectivity index is 2.90. The van der Waals surface area contributed by atoms with Crippen LogP contribution in [0.5, 0.6) is 0 Å². The van der Waals surface area contributed by atoms with Crippen molar-refractivity contribution in [3.05, 3.63) is 29.3 Å². The number of benzene rings is 1. The van der Waals surface area contributed by atoms with Crippen molar-refractivity contribution in [1.82, 2.24) is 0 Å². The summed E-state index contributed by atoms with van der Waals surface area (Å²) in [4.78, 5) is 2.24. The van der Waals surface area contributed by atoms with E-state index >= 15 is 0 Å². The first-order chi connectivity index (χ1) is 7.20. The molecule has 1 aromatic carbocycles. The van der Waals surface area contributed by atoms with Crippen molar-refractivity contribution in [3.63, 3.8) is 0 Å². The summed E-state index contributed by atoms with van der Waals surface area (Å²) in [7, 11) is 2.09. The lowest BCUT2D eigenvalue weighted by Gasteiger charge is -2.24. The Labute approximate surface area is 92.5 Å². The fourth-order valence-corrected chi connectivity index (χ4v) is 1.97. The minimum atomic E-state index is 0.262. The quantitative estimate of drug-likeness (QED) is 0.801. The molecule has 1 aromatic rings. The number of anilines is 1. The second kappa shape index (κ2) is 5.76. The van der Waals surface area contributed by atoms with Gasteiger partial charge in [0.05, 0.1) is 0 Å². The molecule has 2 nitrogen and oxygen atoms in total. The Bertz CT molecular complexity index is 309. The molecule has 2 heteroatoms. The van der Waals surface area contributed by atoms with Crippen molar-refractivity contribution in [2.75, 3.05) is 25.1 Å². The van der Waals surface area contributed by atoms with Gasteiger partial charge < -0.3 is 10.0 Å². The Morgan fingerprint density at radius 3 is 2.67 bits per heavy atom. The number of hydrogen-bond acceptors (Lipinski definition) is 2. The van der Waals surface area contributed by atoms with Gasteiger partial charge in [0.1, 0.15) is 0 Å². The summed E-state index contributed by atoms with van der Waals surface area (Å²) in [6, 6.07) is 6.43. The number of para-hydroxylation sites is 1. The van der Waals surface area contributed by atoms with Gasteiger partial charge in [0, 0.05) is 25.9 Å². The molecule has 84 valence electrons. The van der Waals surface area contributed by atoms with Gasteiger partial charge in [0.2, 0.25) is 0 Å². The lowest BCUT2D eigenvalue weighted by molar-refractivity contribution is 0.290. The average Bonchev–Trinajstić information content (AvgIpc) is 2.25. The zero-order valence-electron chi connectivity index (χ0n) is 9.95. The predicted octanol–water partition coefficient (Wildman–Crippen LogP) is 2.38. The maximum absolute atomic E-state index is 8.83. The van der Waals surface area contributed by atoms with E-state index < -0.39 is 0 Å². The van der Waals surface area contributed by atoms with E-state index in [0.717, 1.165) is 19.4 Å². The van der Waals surface area contributed by atoms with Crippen LogP contribution in [-0.4, -0.2) is 25.3 Å². The van der Waals surface area contributed by atoms with Crippen LogP contribution in [0.4, 0.5) is 5.69 Å². The van der Waals surface area contributed by atoms with Gasteiger partial charge in [0.25, 0.3) is 0 Å². The highest BCUT2D eigenvalue weighted by molar-refractivity contribution is 5.58. The maximum atomic E-state index is 8.83. The lowest BCUT2D eigenvalue weighted by Crippen LogP contribution is -2.21. The zero-order chi connectivity index (χ0) is 11.3. The number of aliphatic hydroxyl groups is 1. The molecular weight excluding hydrogens is 186 g/mol. The fraction of sp³-hybridized carbons (Fsp3) is 0.538. The second-order valence-corrected chi connectivity index (χ2v) is 3.93. The summed E-state index contributed by atoms with van der Waals surface area (Å²) in [6.07, 6.45) is 1.88. The standard InChI is InChI=1S/C13H21NO/c1-4-12-8-5-7-11(2)13(12)14(3)9-6-10-15/h5,7-8,15H,4,6,9-10H2,1-3H3. The number of aryl methyl sites for hydroxylation is 2. The molecule has 0 unspecified atom stereocenters. The lowest BCUT2D eigenvalue weighted by atomic mass is 10.0. The van der Waals surface area contributed by atoms with Crippen molar-refractivity contribution in [2.24, 2.45) is 0 Å². The average molecular weight is 207 g/mol. The minimum absolute atomic E-state index is 0.262. The van der Waals surface area contributed by atoms with Gasteiger partial charge in [-0.15, -0.1) is 0 Å². The van der Waals surface area contributed by atoms with E-state index in [9.17, 15) is 0 Å². The molecule has 0 aliphatic heterocycles. The third-order valence-corrected chi connectivity index (χ3v) is 2.74. The molecule has 0 fully saturated rings. The molecule has 1 N–H and O–H groups in total. The molecule has 0 heterocycles. The Morgan fingerprint density at radius 1 is 1.33 bits per heavy atom. The van der Waals surface area contributed by atoms with Crippen LogP contribution in [0.2, 0.25) is 0 Å². The fourth-order valence-electron chi connectivity index (χ4n) is 1.97. The molecule has 0 radical (unpaired) electrons. The first kappa shape index (κ1) is 12.1. The van der Waals surface area contributed by atoms with Crippen molar-refractivity contribution in [2.45, 2.75) is 26.7 Å². The molecule has 0 aromatic heterocycles. The van der Waals surface area contributed by atoms with E-state index in [2.05, 4.69) is 44.0 Å². The Hall–Kier alpha value is -1.02. The molecule has 0 saturated carbocycles. The van der Waals surface area contributed by atoms with Crippen LogP contribution < -0.4 is 4.90 Å². The second-order valence-electron chi connectivity index (χ2n) is 3.93. The Morgan fingerprint density at radius 2 is 2.07 bits per heavy atom. The molecule has 0 amide bonds. The van der Waals surface area contributed by atoms with Gasteiger partial charge in [-0.25, -0.2) is 0 Å². The van der Waals surface area contributed by atoms with Crippen LogP contribution in [-0.2, 0) is 6.42 Å². The van der Waals surface area contributed by atoms with Crippen LogP contribution in [0, 0.1) is 6.92 Å². The first-order valence-corrected chi connectivity index (χ1v) is 5.61. The molecule has 0 spiro atoms. The molecular formula is C13H21NO. The number of hydrogen-bond donors (Lipinski definition) is 1. The van der Waals surface area contributed by atoms with Gasteiger partial charge in [-0.05, 0) is 30.9 Å². The highest BCUT2D eigenvalue weighted by atomic mass is 16.3. The Kier molecular flexibility index (Phi) is 4.63. The van der Waals surface area contributed by atoms with Crippen LogP contribution in [0.25, 0.3) is 0 Å². The first-order valence-electron chi connectivity index (χ1n) is 5.61. The smallest absolute Gasteiger partial charge is 0.0447 e. The minimum Gasteiger partial charge on any atom is -0.396 e. The number of rotatable bonds is 5. The van der Waals surface area contributed by atoms with Crippen molar-refractivity contribution >= 4 is 5.69 Å². The van der Waals surface area contributed by atoms with Gasteiger partial charge in [-0.3, -0.25) is 0 Å². The largest absolute Gasteiger partial charge is 0.396 e. The summed E-state index contributed by atoms with van der Waals surface area (Å²) >= 11 is 0. The normalized spacial score (nSPS) is 10.4. The van der Waals surface area contributed by atoms with E-state index in [4.69, 9.17) is 5.11 Å². The summed E-state index contributed by atoms with van der Waals surface area (Å²) in [5.41, 5.74) is 4.03. The van der Waals surface area contributed by atoms with Crippen molar-refractivity contribution in [3.8, 4) is 0 Å². The summed E-state index contributed by atoms with van der Waals surface area (Å²) in [5, 5.41) is 8.83. The SMILES string of the molecule is CCc1cccc(C)c1N(C)CCCO. The van der Waals surface area contributed by atoms with Crippen LogP contribution >= 0.6 is 0 Å². The third-order valence-electron chi connectivity index (χ3n) is 2.74. The molecule has 0 atom stereocenters. The van der Waals surface area contributed by atoms with Crippen molar-refractivity contribution in [1.29, 1.82) is 0 Å². The monoisotopic (exact) mass is 207 g/mol. The molecule has 0 aliphatic rings. The van der Waals surface area contributed by atoms with Gasteiger partial charge in [-0.1, -0.05) is 25.1 Å². The van der Waals surface area contributed by atoms with Gasteiger partial charge in [-0.2, -0.15) is 0 Å². The van der Waals surface area contributed by atoms with Crippen LogP contribution in [0.1, 0.15) is 24.5 Å². The van der Waals surface area contributed by atoms with E-state index in [1.54, 1.807) is 0 Å². The number of nitrogens with zero attached hydrogens (tertiary/aromatic N) is 1. The summed E-state index contributed by atoms with van der Waals surface area (Å²) in [5.74, 6) is 0. The van der Waals surface area contributed by atoms with E-state index in [1.165, 1.54) is 16.8 Å². The molecule has 0 saturated heterocycles. The van der Waals surface area contributed by atoms with Gasteiger partial charge in [0.15, 0.2) is 0 Å². The molecule has 0 bridgehead atoms. The van der Waals surface area contributed by atoms with E-state index in [0.29, 0.717) is 0 Å². The van der Waals surface area contributed by atoms with Crippen molar-refractivity contribution < 1.29 is 5.11 Å². The molecule has 15 heavy (non-hydrogen) atoms. The third kappa shape index (κ3) is 2.96. The molecule has 1 rings (SSSR count). The predicted molar refractivity (Wildman–Crippen MR) is 65.5 cm³/mol. The van der Waals surface area contributed by atoms with E-state index in [1.807, 2.05) is 0 Å². The topological polar surface area (TPSA) is 23.5 Å². The molecule has 0 aliphatic carbocycles. The van der Waals surface area contributed by atoms with Gasteiger partial charge >= 0.3 is 0 Å². The van der Waals surface area contributed by atoms with Crippen LogP contribution in [0.3, 0.4) is 0 Å². The summed E-state index contributed by atoms with van der Waals surface area (Å²) in [6.45, 7) is 5.49. The zero-order valence-corrected chi connectivity index (χ0v) is 9.95.